The van der Waals surface area contributed by atoms with Crippen LogP contribution in [0, 0.1) is 0 Å². The summed E-state index contributed by atoms with van der Waals surface area (Å²) < 4.78 is 10.6. The van der Waals surface area contributed by atoms with E-state index in [0.717, 1.165) is 4.90 Å². The minimum Gasteiger partial charge on any atom is -0.493 e. The monoisotopic (exact) mass is 340 g/mol. The molecule has 1 heterocycles. The summed E-state index contributed by atoms with van der Waals surface area (Å²) in [6, 6.07) is 11.7. The first kappa shape index (κ1) is 16.5. The molecule has 0 aliphatic carbocycles. The third-order valence-electron chi connectivity index (χ3n) is 3.82. The number of imide groups is 1. The van der Waals surface area contributed by atoms with Gasteiger partial charge in [-0.3, -0.25) is 19.3 Å². The number of carbonyl (C=O) groups is 3. The molecule has 3 rings (SSSR count). The van der Waals surface area contributed by atoms with Crippen LogP contribution in [0.15, 0.2) is 42.5 Å². The van der Waals surface area contributed by atoms with E-state index in [4.69, 9.17) is 9.47 Å². The molecule has 0 saturated carbocycles. The number of nitrogens with zero attached hydrogens (tertiary/aromatic N) is 1. The van der Waals surface area contributed by atoms with E-state index in [2.05, 4.69) is 5.32 Å². The summed E-state index contributed by atoms with van der Waals surface area (Å²) >= 11 is 0. The molecule has 7 heteroatoms. The summed E-state index contributed by atoms with van der Waals surface area (Å²) in [5, 5.41) is 2.62. The maximum atomic E-state index is 12.2. The van der Waals surface area contributed by atoms with Gasteiger partial charge in [0, 0.05) is 7.05 Å². The lowest BCUT2D eigenvalue weighted by Crippen LogP contribution is -2.25. The Morgan fingerprint density at radius 3 is 2.48 bits per heavy atom. The minimum atomic E-state index is -0.450. The summed E-state index contributed by atoms with van der Waals surface area (Å²) in [7, 11) is 2.91. The molecule has 7 nitrogen and oxygen atoms in total. The second-order valence-electron chi connectivity index (χ2n) is 5.39. The highest BCUT2D eigenvalue weighted by Gasteiger charge is 2.35. The zero-order valence-electron chi connectivity index (χ0n) is 13.7. The fourth-order valence-corrected chi connectivity index (χ4v) is 2.57. The Balaban J connectivity index is 1.73. The van der Waals surface area contributed by atoms with E-state index >= 15 is 0 Å². The maximum absolute atomic E-state index is 12.2. The van der Waals surface area contributed by atoms with Crippen molar-refractivity contribution in [2.75, 3.05) is 26.1 Å². The largest absolute Gasteiger partial charge is 0.493 e. The molecule has 3 amide bonds. The van der Waals surface area contributed by atoms with Gasteiger partial charge in [0.1, 0.15) is 0 Å². The van der Waals surface area contributed by atoms with Crippen molar-refractivity contribution in [3.63, 3.8) is 0 Å². The number of hydrogen-bond donors (Lipinski definition) is 1. The molecule has 0 spiro atoms. The number of carbonyl (C=O) groups excluding carboxylic acids is 3. The molecular formula is C18H16N2O5. The van der Waals surface area contributed by atoms with Crippen molar-refractivity contribution in [3.05, 3.63) is 53.6 Å². The van der Waals surface area contributed by atoms with Crippen molar-refractivity contribution in [2.24, 2.45) is 0 Å². The van der Waals surface area contributed by atoms with Gasteiger partial charge >= 0.3 is 0 Å². The van der Waals surface area contributed by atoms with Crippen LogP contribution in [0.1, 0.15) is 20.7 Å². The van der Waals surface area contributed by atoms with Gasteiger partial charge in [-0.1, -0.05) is 18.2 Å². The van der Waals surface area contributed by atoms with Crippen LogP contribution in [-0.2, 0) is 4.79 Å². The fraction of sp³-hybridized carbons (Fsp3) is 0.167. The minimum absolute atomic E-state index is 0.195. The molecule has 2 aromatic rings. The van der Waals surface area contributed by atoms with Gasteiger partial charge in [0.2, 0.25) is 0 Å². The normalized spacial score (nSPS) is 12.8. The van der Waals surface area contributed by atoms with Crippen LogP contribution in [0.2, 0.25) is 0 Å². The number of ether oxygens (including phenoxy) is 2. The molecular weight excluding hydrogens is 324 g/mol. The Bertz CT molecular complexity index is 862. The summed E-state index contributed by atoms with van der Waals surface area (Å²) in [5.74, 6) is -0.334. The number of fused-ring (bicyclic) bond motifs is 1. The number of benzene rings is 2. The van der Waals surface area contributed by atoms with Crippen molar-refractivity contribution in [3.8, 4) is 11.5 Å². The van der Waals surface area contributed by atoms with Crippen LogP contribution >= 0.6 is 0 Å². The van der Waals surface area contributed by atoms with E-state index in [1.54, 1.807) is 42.5 Å². The molecule has 25 heavy (non-hydrogen) atoms. The van der Waals surface area contributed by atoms with Crippen LogP contribution < -0.4 is 14.8 Å². The molecule has 0 radical (unpaired) electrons. The van der Waals surface area contributed by atoms with Crippen LogP contribution in [0.4, 0.5) is 5.69 Å². The lowest BCUT2D eigenvalue weighted by Gasteiger charge is -2.11. The van der Waals surface area contributed by atoms with Gasteiger partial charge < -0.3 is 14.8 Å². The Kier molecular flexibility index (Phi) is 4.38. The van der Waals surface area contributed by atoms with Gasteiger partial charge in [-0.25, -0.2) is 0 Å². The number of nitrogens with one attached hydrogen (secondary N) is 1. The van der Waals surface area contributed by atoms with Crippen LogP contribution in [0.5, 0.6) is 11.5 Å². The second-order valence-corrected chi connectivity index (χ2v) is 5.39. The SMILES string of the molecule is COc1ccccc1OCC(=O)Nc1cccc2c1C(=O)N(C)C2=O. The fourth-order valence-electron chi connectivity index (χ4n) is 2.57. The number of anilines is 1. The van der Waals surface area contributed by atoms with Crippen LogP contribution in [-0.4, -0.2) is 43.4 Å². The Morgan fingerprint density at radius 1 is 1.04 bits per heavy atom. The van der Waals surface area contributed by atoms with Crippen molar-refractivity contribution in [2.45, 2.75) is 0 Å². The first-order valence-electron chi connectivity index (χ1n) is 7.54. The molecule has 0 unspecified atom stereocenters. The van der Waals surface area contributed by atoms with Crippen molar-refractivity contribution in [1.29, 1.82) is 0 Å². The molecule has 1 aliphatic rings. The third-order valence-corrected chi connectivity index (χ3v) is 3.82. The first-order valence-corrected chi connectivity index (χ1v) is 7.54. The molecule has 0 aromatic heterocycles. The van der Waals surface area contributed by atoms with E-state index in [1.807, 2.05) is 0 Å². The highest BCUT2D eigenvalue weighted by atomic mass is 16.5. The van der Waals surface area contributed by atoms with E-state index in [9.17, 15) is 14.4 Å². The van der Waals surface area contributed by atoms with Crippen molar-refractivity contribution < 1.29 is 23.9 Å². The number of rotatable bonds is 5. The number of amides is 3. The quantitative estimate of drug-likeness (QED) is 0.841. The summed E-state index contributed by atoms with van der Waals surface area (Å²) in [6.07, 6.45) is 0. The zero-order chi connectivity index (χ0) is 18.0. The van der Waals surface area contributed by atoms with E-state index in [0.29, 0.717) is 11.5 Å². The second kappa shape index (κ2) is 6.64. The molecule has 0 bridgehead atoms. The summed E-state index contributed by atoms with van der Waals surface area (Å²) in [6.45, 7) is -0.262. The standard InChI is InChI=1S/C18H16N2O5/c1-20-17(22)11-6-5-7-12(16(11)18(20)23)19-15(21)10-25-14-9-4-3-8-13(14)24-2/h3-9H,10H2,1-2H3,(H,19,21). The summed E-state index contributed by atoms with van der Waals surface area (Å²) in [5.41, 5.74) is 0.755. The number of hydrogen-bond acceptors (Lipinski definition) is 5. The molecule has 0 saturated heterocycles. The van der Waals surface area contributed by atoms with Gasteiger partial charge in [0.25, 0.3) is 17.7 Å². The van der Waals surface area contributed by atoms with Crippen molar-refractivity contribution in [1.82, 2.24) is 4.90 Å². The molecule has 0 atom stereocenters. The summed E-state index contributed by atoms with van der Waals surface area (Å²) in [4.78, 5) is 37.3. The Hall–Kier alpha value is -3.35. The van der Waals surface area contributed by atoms with Crippen LogP contribution in [0.25, 0.3) is 0 Å². The Morgan fingerprint density at radius 2 is 1.76 bits per heavy atom. The average Bonchev–Trinajstić information content (AvgIpc) is 2.85. The zero-order valence-corrected chi connectivity index (χ0v) is 13.7. The molecule has 2 aromatic carbocycles. The molecule has 1 N–H and O–H groups in total. The predicted molar refractivity (Wildman–Crippen MR) is 90.0 cm³/mol. The third kappa shape index (κ3) is 3.03. The van der Waals surface area contributed by atoms with E-state index in [-0.39, 0.29) is 29.3 Å². The Labute approximate surface area is 144 Å². The lowest BCUT2D eigenvalue weighted by molar-refractivity contribution is -0.118. The van der Waals surface area contributed by atoms with E-state index < -0.39 is 11.8 Å². The maximum Gasteiger partial charge on any atom is 0.263 e. The topological polar surface area (TPSA) is 84.9 Å². The van der Waals surface area contributed by atoms with Crippen molar-refractivity contribution >= 4 is 23.4 Å². The van der Waals surface area contributed by atoms with Gasteiger partial charge in [-0.15, -0.1) is 0 Å². The van der Waals surface area contributed by atoms with Gasteiger partial charge in [0.15, 0.2) is 18.1 Å². The van der Waals surface area contributed by atoms with Gasteiger partial charge in [-0.2, -0.15) is 0 Å². The highest BCUT2D eigenvalue weighted by Crippen LogP contribution is 2.29. The molecule has 1 aliphatic heterocycles. The van der Waals surface area contributed by atoms with Crippen LogP contribution in [0.3, 0.4) is 0 Å². The number of methoxy groups -OCH3 is 1. The van der Waals surface area contributed by atoms with E-state index in [1.165, 1.54) is 14.2 Å². The molecule has 0 fully saturated rings. The smallest absolute Gasteiger partial charge is 0.263 e. The first-order chi connectivity index (χ1) is 12.0. The number of para-hydroxylation sites is 2. The molecule has 128 valence electrons. The van der Waals surface area contributed by atoms with Gasteiger partial charge in [-0.05, 0) is 24.3 Å². The van der Waals surface area contributed by atoms with Gasteiger partial charge in [0.05, 0.1) is 23.9 Å². The lowest BCUT2D eigenvalue weighted by atomic mass is 10.1. The average molecular weight is 340 g/mol. The predicted octanol–water partition coefficient (Wildman–Crippen LogP) is 1.94. The highest BCUT2D eigenvalue weighted by molar-refractivity contribution is 6.24.